The van der Waals surface area contributed by atoms with Gasteiger partial charge in [-0.15, -0.1) is 0 Å². The topological polar surface area (TPSA) is 52.6 Å². The molecule has 0 N–H and O–H groups in total. The van der Waals surface area contributed by atoms with Crippen molar-refractivity contribution in [1.29, 1.82) is 0 Å². The summed E-state index contributed by atoms with van der Waals surface area (Å²) >= 11 is 0. The zero-order chi connectivity index (χ0) is 18.8. The maximum Gasteiger partial charge on any atom is 0.338 e. The second kappa shape index (κ2) is 10.9. The number of rotatable bonds is 9. The van der Waals surface area contributed by atoms with Crippen LogP contribution in [0, 0.1) is 0 Å². The fraction of sp³-hybridized carbons (Fsp3) is 0.300. The molecule has 0 spiro atoms. The third kappa shape index (κ3) is 6.42. The smallest absolute Gasteiger partial charge is 0.338 e. The minimum absolute atomic E-state index is 0.285. The van der Waals surface area contributed by atoms with Crippen molar-refractivity contribution in [2.45, 2.75) is 25.4 Å². The molecule has 0 bridgehead atoms. The summed E-state index contributed by atoms with van der Waals surface area (Å²) in [7, 11) is 3.51. The lowest BCUT2D eigenvalue weighted by Gasteiger charge is -2.05. The second-order valence-electron chi connectivity index (χ2n) is 5.36. The Kier molecular flexibility index (Phi) is 8.58. The lowest BCUT2D eigenvalue weighted by Crippen LogP contribution is -2.04. The SMILES string of the molecule is CCOC(=O)c1ccc(CSSCc2ccc(C(=O)OCC)cc2)cc1. The molecule has 0 saturated carbocycles. The summed E-state index contributed by atoms with van der Waals surface area (Å²) in [6, 6.07) is 15.0. The van der Waals surface area contributed by atoms with Gasteiger partial charge in [-0.2, -0.15) is 0 Å². The molecule has 0 saturated heterocycles. The maximum atomic E-state index is 11.6. The molecule has 2 aromatic carbocycles. The first-order chi connectivity index (χ1) is 12.6. The van der Waals surface area contributed by atoms with E-state index in [1.54, 1.807) is 59.7 Å². The van der Waals surface area contributed by atoms with E-state index in [0.29, 0.717) is 24.3 Å². The summed E-state index contributed by atoms with van der Waals surface area (Å²) in [6.45, 7) is 4.36. The van der Waals surface area contributed by atoms with E-state index in [1.807, 2.05) is 24.3 Å². The molecule has 0 atom stereocenters. The van der Waals surface area contributed by atoms with Crippen LogP contribution in [0.2, 0.25) is 0 Å². The van der Waals surface area contributed by atoms with E-state index in [2.05, 4.69) is 0 Å². The molecular weight excluding hydrogens is 368 g/mol. The minimum atomic E-state index is -0.285. The Morgan fingerprint density at radius 1 is 0.692 bits per heavy atom. The molecule has 138 valence electrons. The first-order valence-corrected chi connectivity index (χ1v) is 10.9. The molecule has 0 unspecified atom stereocenters. The van der Waals surface area contributed by atoms with Gasteiger partial charge >= 0.3 is 11.9 Å². The number of benzene rings is 2. The monoisotopic (exact) mass is 390 g/mol. The molecule has 0 aliphatic rings. The van der Waals surface area contributed by atoms with Gasteiger partial charge in [0.15, 0.2) is 0 Å². The Hall–Kier alpha value is -1.92. The van der Waals surface area contributed by atoms with E-state index in [-0.39, 0.29) is 11.9 Å². The van der Waals surface area contributed by atoms with Crippen molar-refractivity contribution in [3.63, 3.8) is 0 Å². The first-order valence-electron chi connectivity index (χ1n) is 8.40. The predicted molar refractivity (Wildman–Crippen MR) is 107 cm³/mol. The van der Waals surface area contributed by atoms with Crippen LogP contribution in [-0.4, -0.2) is 25.2 Å². The lowest BCUT2D eigenvalue weighted by atomic mass is 10.1. The highest BCUT2D eigenvalue weighted by atomic mass is 33.1. The highest BCUT2D eigenvalue weighted by Crippen LogP contribution is 2.29. The molecule has 6 heteroatoms. The van der Waals surface area contributed by atoms with Crippen molar-refractivity contribution in [2.75, 3.05) is 13.2 Å². The van der Waals surface area contributed by atoms with Gasteiger partial charge in [0.2, 0.25) is 0 Å². The van der Waals surface area contributed by atoms with Crippen LogP contribution in [0.4, 0.5) is 0 Å². The highest BCUT2D eigenvalue weighted by Gasteiger charge is 2.07. The van der Waals surface area contributed by atoms with E-state index >= 15 is 0 Å². The van der Waals surface area contributed by atoms with E-state index in [1.165, 1.54) is 0 Å². The fourth-order valence-corrected chi connectivity index (χ4v) is 4.26. The third-order valence-corrected chi connectivity index (χ3v) is 5.74. The average molecular weight is 391 g/mol. The molecule has 2 rings (SSSR count). The summed E-state index contributed by atoms with van der Waals surface area (Å²) in [5.41, 5.74) is 3.48. The Morgan fingerprint density at radius 3 is 1.35 bits per heavy atom. The van der Waals surface area contributed by atoms with Gasteiger partial charge in [0.25, 0.3) is 0 Å². The molecule has 0 aliphatic heterocycles. The zero-order valence-corrected chi connectivity index (χ0v) is 16.5. The van der Waals surface area contributed by atoms with Crippen molar-refractivity contribution >= 4 is 33.5 Å². The molecule has 2 aromatic rings. The number of hydrogen-bond donors (Lipinski definition) is 0. The Labute approximate surface area is 162 Å². The number of hydrogen-bond acceptors (Lipinski definition) is 6. The van der Waals surface area contributed by atoms with Gasteiger partial charge in [-0.3, -0.25) is 0 Å². The zero-order valence-electron chi connectivity index (χ0n) is 14.9. The molecule has 0 aliphatic carbocycles. The standard InChI is InChI=1S/C20H22O4S2/c1-3-23-19(21)17-9-5-15(6-10-17)13-25-26-14-16-7-11-18(12-8-16)20(22)24-4-2/h5-12H,3-4,13-14H2,1-2H3. The molecule has 0 fully saturated rings. The second-order valence-corrected chi connectivity index (χ2v) is 7.82. The highest BCUT2D eigenvalue weighted by molar-refractivity contribution is 8.76. The van der Waals surface area contributed by atoms with E-state index < -0.39 is 0 Å². The summed E-state index contributed by atoms with van der Waals surface area (Å²) in [6.07, 6.45) is 0. The molecule has 0 amide bonds. The van der Waals surface area contributed by atoms with Crippen LogP contribution in [0.15, 0.2) is 48.5 Å². The van der Waals surface area contributed by atoms with Gasteiger partial charge in [-0.25, -0.2) is 9.59 Å². The van der Waals surface area contributed by atoms with E-state index in [9.17, 15) is 9.59 Å². The minimum Gasteiger partial charge on any atom is -0.462 e. The van der Waals surface area contributed by atoms with Crippen molar-refractivity contribution in [3.8, 4) is 0 Å². The number of ether oxygens (including phenoxy) is 2. The van der Waals surface area contributed by atoms with E-state index in [0.717, 1.165) is 22.6 Å². The van der Waals surface area contributed by atoms with Crippen LogP contribution in [0.1, 0.15) is 45.7 Å². The summed E-state index contributed by atoms with van der Waals surface area (Å²) in [5, 5.41) is 0. The predicted octanol–water partition coefficient (Wildman–Crippen LogP) is 5.12. The van der Waals surface area contributed by atoms with Crippen molar-refractivity contribution in [1.82, 2.24) is 0 Å². The van der Waals surface area contributed by atoms with E-state index in [4.69, 9.17) is 9.47 Å². The van der Waals surface area contributed by atoms with Crippen LogP contribution in [0.5, 0.6) is 0 Å². The van der Waals surface area contributed by atoms with Gasteiger partial charge in [0, 0.05) is 11.5 Å². The van der Waals surface area contributed by atoms with Crippen LogP contribution >= 0.6 is 21.6 Å². The van der Waals surface area contributed by atoms with Gasteiger partial charge in [0.05, 0.1) is 24.3 Å². The summed E-state index contributed by atoms with van der Waals surface area (Å²) in [5.74, 6) is 1.14. The summed E-state index contributed by atoms with van der Waals surface area (Å²) in [4.78, 5) is 23.2. The summed E-state index contributed by atoms with van der Waals surface area (Å²) < 4.78 is 9.95. The van der Waals surface area contributed by atoms with Gasteiger partial charge in [-0.05, 0) is 49.2 Å². The Bertz CT molecular complexity index is 648. The maximum absolute atomic E-state index is 11.6. The van der Waals surface area contributed by atoms with Gasteiger partial charge in [-0.1, -0.05) is 45.9 Å². The Balaban J connectivity index is 1.74. The van der Waals surface area contributed by atoms with Gasteiger partial charge < -0.3 is 9.47 Å². The van der Waals surface area contributed by atoms with Crippen LogP contribution in [0.25, 0.3) is 0 Å². The molecule has 0 radical (unpaired) electrons. The number of carbonyl (C=O) groups is 2. The number of carbonyl (C=O) groups excluding carboxylic acids is 2. The van der Waals surface area contributed by atoms with Crippen molar-refractivity contribution in [2.24, 2.45) is 0 Å². The number of esters is 2. The first kappa shape index (κ1) is 20.4. The van der Waals surface area contributed by atoms with Gasteiger partial charge in [0.1, 0.15) is 0 Å². The van der Waals surface area contributed by atoms with Crippen molar-refractivity contribution < 1.29 is 19.1 Å². The largest absolute Gasteiger partial charge is 0.462 e. The fourth-order valence-electron chi connectivity index (χ4n) is 2.12. The van der Waals surface area contributed by atoms with Crippen LogP contribution in [-0.2, 0) is 21.0 Å². The quantitative estimate of drug-likeness (QED) is 0.336. The lowest BCUT2D eigenvalue weighted by molar-refractivity contribution is 0.0516. The molecular formula is C20H22O4S2. The normalized spacial score (nSPS) is 10.4. The Morgan fingerprint density at radius 2 is 1.04 bits per heavy atom. The van der Waals surface area contributed by atoms with Crippen LogP contribution < -0.4 is 0 Å². The molecule has 26 heavy (non-hydrogen) atoms. The third-order valence-electron chi connectivity index (χ3n) is 3.46. The van der Waals surface area contributed by atoms with Crippen molar-refractivity contribution in [3.05, 3.63) is 70.8 Å². The molecule has 4 nitrogen and oxygen atoms in total. The average Bonchev–Trinajstić information content (AvgIpc) is 2.66. The van der Waals surface area contributed by atoms with Crippen LogP contribution in [0.3, 0.4) is 0 Å². The molecule has 0 aromatic heterocycles. The molecule has 0 heterocycles.